The highest BCUT2D eigenvalue weighted by Crippen LogP contribution is 2.25. The maximum atomic E-state index is 11.6. The second-order valence-corrected chi connectivity index (χ2v) is 4.47. The van der Waals surface area contributed by atoms with Crippen LogP contribution in [0.3, 0.4) is 0 Å². The van der Waals surface area contributed by atoms with Gasteiger partial charge in [-0.1, -0.05) is 0 Å². The molecule has 0 aliphatic heterocycles. The van der Waals surface area contributed by atoms with Gasteiger partial charge >= 0.3 is 4.59 Å². The van der Waals surface area contributed by atoms with Crippen molar-refractivity contribution in [3.63, 3.8) is 0 Å². The summed E-state index contributed by atoms with van der Waals surface area (Å²) in [6, 6.07) is 0. The molecule has 6 nitrogen and oxygen atoms in total. The molecule has 0 spiro atoms. The Balaban J connectivity index is 5.45. The van der Waals surface area contributed by atoms with Crippen LogP contribution in [0.5, 0.6) is 0 Å². The molecule has 0 fully saturated rings. The topological polar surface area (TPSA) is 114 Å². The van der Waals surface area contributed by atoms with Crippen molar-refractivity contribution < 1.29 is 34.7 Å². The molecule has 0 radical (unpaired) electrons. The fourth-order valence-corrected chi connectivity index (χ4v) is 1.12. The Morgan fingerprint density at radius 1 is 0.909 bits per heavy atom. The smallest absolute Gasteiger partial charge is 0.422 e. The van der Waals surface area contributed by atoms with Crippen LogP contribution in [0.4, 0.5) is 8.78 Å². The molecule has 0 N–H and O–H groups in total. The summed E-state index contributed by atoms with van der Waals surface area (Å²) in [6.45, 7) is 0. The molecule has 0 aliphatic rings. The SMILES string of the molecule is O=S(=O)([O-])C(F)(F)S(=O)(=O)[O-]. The van der Waals surface area contributed by atoms with Crippen LogP contribution in [-0.4, -0.2) is 30.5 Å². The predicted molar refractivity (Wildman–Crippen MR) is 24.3 cm³/mol. The van der Waals surface area contributed by atoms with Crippen molar-refractivity contribution >= 4 is 20.2 Å². The van der Waals surface area contributed by atoms with E-state index in [1.807, 2.05) is 0 Å². The van der Waals surface area contributed by atoms with Gasteiger partial charge in [-0.25, -0.2) is 16.8 Å². The molecule has 0 bridgehead atoms. The molecule has 0 saturated heterocycles. The van der Waals surface area contributed by atoms with Crippen molar-refractivity contribution in [3.05, 3.63) is 0 Å². The van der Waals surface area contributed by atoms with E-state index in [4.69, 9.17) is 0 Å². The van der Waals surface area contributed by atoms with Crippen molar-refractivity contribution in [2.24, 2.45) is 0 Å². The largest absolute Gasteiger partial charge is 0.743 e. The molecule has 0 aromatic rings. The third kappa shape index (κ3) is 1.83. The number of halogens is 2. The van der Waals surface area contributed by atoms with Crippen molar-refractivity contribution in [2.75, 3.05) is 0 Å². The zero-order valence-corrected chi connectivity index (χ0v) is 6.15. The summed E-state index contributed by atoms with van der Waals surface area (Å²) in [5.41, 5.74) is 0. The monoisotopic (exact) mass is 210 g/mol. The third-order valence-electron chi connectivity index (χ3n) is 0.582. The highest BCUT2D eigenvalue weighted by atomic mass is 32.3. The van der Waals surface area contributed by atoms with Gasteiger partial charge in [0, 0.05) is 0 Å². The molecule has 10 heteroatoms. The molecule has 0 unspecified atom stereocenters. The fourth-order valence-electron chi connectivity index (χ4n) is 0.125. The van der Waals surface area contributed by atoms with E-state index >= 15 is 0 Å². The minimum absolute atomic E-state index is 5.79. The van der Waals surface area contributed by atoms with E-state index in [2.05, 4.69) is 0 Å². The molecule has 0 atom stereocenters. The summed E-state index contributed by atoms with van der Waals surface area (Å²) in [6.07, 6.45) is 0. The van der Waals surface area contributed by atoms with E-state index in [1.165, 1.54) is 0 Å². The molecule has 68 valence electrons. The Morgan fingerprint density at radius 3 is 1.09 bits per heavy atom. The number of rotatable bonds is 2. The van der Waals surface area contributed by atoms with Gasteiger partial charge in [0.15, 0.2) is 20.2 Å². The first-order valence-electron chi connectivity index (χ1n) is 1.79. The second-order valence-electron chi connectivity index (χ2n) is 1.37. The van der Waals surface area contributed by atoms with Crippen LogP contribution in [-0.2, 0) is 20.2 Å². The first-order valence-corrected chi connectivity index (χ1v) is 4.60. The molecule has 0 saturated carbocycles. The van der Waals surface area contributed by atoms with Gasteiger partial charge in [0.25, 0.3) is 0 Å². The first-order chi connectivity index (χ1) is 4.50. The van der Waals surface area contributed by atoms with E-state index in [1.54, 1.807) is 0 Å². The Bertz CT molecular complexity index is 301. The minimum atomic E-state index is -6.44. The number of hydrogen-bond acceptors (Lipinski definition) is 6. The molecular formula is CF2O6S2-2. The molecule has 0 aromatic carbocycles. The van der Waals surface area contributed by atoms with Gasteiger partial charge in [-0.15, -0.1) is 0 Å². The lowest BCUT2D eigenvalue weighted by molar-refractivity contribution is 0.150. The van der Waals surface area contributed by atoms with Crippen molar-refractivity contribution in [1.82, 2.24) is 0 Å². The molecule has 0 aromatic heterocycles. The molecule has 11 heavy (non-hydrogen) atoms. The van der Waals surface area contributed by atoms with Crippen LogP contribution < -0.4 is 0 Å². The number of alkyl halides is 2. The predicted octanol–water partition coefficient (Wildman–Crippen LogP) is -1.37. The number of hydrogen-bond donors (Lipinski definition) is 0. The molecular weight excluding hydrogens is 210 g/mol. The lowest BCUT2D eigenvalue weighted by atomic mass is 11.6. The third-order valence-corrected chi connectivity index (χ3v) is 2.97. The van der Waals surface area contributed by atoms with Crippen molar-refractivity contribution in [1.29, 1.82) is 0 Å². The van der Waals surface area contributed by atoms with Crippen LogP contribution in [0, 0.1) is 0 Å². The lowest BCUT2D eigenvalue weighted by Gasteiger charge is -2.21. The fraction of sp³-hybridized carbons (Fsp3) is 1.00. The summed E-state index contributed by atoms with van der Waals surface area (Å²) >= 11 is 0. The van der Waals surface area contributed by atoms with Crippen LogP contribution in [0.2, 0.25) is 0 Å². The van der Waals surface area contributed by atoms with Gasteiger partial charge in [-0.3, -0.25) is 0 Å². The van der Waals surface area contributed by atoms with E-state index < -0.39 is 24.8 Å². The van der Waals surface area contributed by atoms with E-state index in [-0.39, 0.29) is 0 Å². The summed E-state index contributed by atoms with van der Waals surface area (Å²) in [5.74, 6) is 0. The van der Waals surface area contributed by atoms with Crippen LogP contribution in [0.25, 0.3) is 0 Å². The highest BCUT2D eigenvalue weighted by Gasteiger charge is 2.45. The second kappa shape index (κ2) is 2.33. The highest BCUT2D eigenvalue weighted by molar-refractivity contribution is 8.04. The summed E-state index contributed by atoms with van der Waals surface area (Å²) in [7, 11) is -12.9. The normalized spacial score (nSPS) is 14.9. The Morgan fingerprint density at radius 2 is 1.09 bits per heavy atom. The van der Waals surface area contributed by atoms with Crippen LogP contribution in [0.1, 0.15) is 0 Å². The van der Waals surface area contributed by atoms with Gasteiger partial charge in [-0.2, -0.15) is 8.78 Å². The molecule has 0 amide bonds. The van der Waals surface area contributed by atoms with Crippen molar-refractivity contribution in [2.45, 2.75) is 4.59 Å². The van der Waals surface area contributed by atoms with E-state index in [9.17, 15) is 34.7 Å². The first kappa shape index (κ1) is 10.7. The molecule has 0 aliphatic carbocycles. The average molecular weight is 210 g/mol. The minimum Gasteiger partial charge on any atom is -0.743 e. The van der Waals surface area contributed by atoms with Crippen LogP contribution in [0.15, 0.2) is 0 Å². The molecule has 0 rings (SSSR count). The quantitative estimate of drug-likeness (QED) is 0.519. The van der Waals surface area contributed by atoms with Gasteiger partial charge in [0.1, 0.15) is 0 Å². The summed E-state index contributed by atoms with van der Waals surface area (Å²) < 4.78 is 74.0. The summed E-state index contributed by atoms with van der Waals surface area (Å²) in [5, 5.41) is 0. The lowest BCUT2D eigenvalue weighted by Crippen LogP contribution is -2.37. The molecule has 0 heterocycles. The van der Waals surface area contributed by atoms with Gasteiger partial charge in [0.2, 0.25) is 0 Å². The Labute approximate surface area is 60.3 Å². The Kier molecular flexibility index (Phi) is 2.27. The van der Waals surface area contributed by atoms with Gasteiger partial charge < -0.3 is 9.11 Å². The summed E-state index contributed by atoms with van der Waals surface area (Å²) in [4.78, 5) is 0. The maximum absolute atomic E-state index is 11.6. The maximum Gasteiger partial charge on any atom is 0.422 e. The zero-order valence-electron chi connectivity index (χ0n) is 4.52. The van der Waals surface area contributed by atoms with Gasteiger partial charge in [-0.05, 0) is 0 Å². The average Bonchev–Trinajstić information content (AvgIpc) is 1.58. The van der Waals surface area contributed by atoms with E-state index in [0.29, 0.717) is 0 Å². The van der Waals surface area contributed by atoms with Gasteiger partial charge in [0.05, 0.1) is 0 Å². The van der Waals surface area contributed by atoms with Crippen LogP contribution >= 0.6 is 0 Å². The van der Waals surface area contributed by atoms with Crippen molar-refractivity contribution in [3.8, 4) is 0 Å². The van der Waals surface area contributed by atoms with E-state index in [0.717, 1.165) is 0 Å². The zero-order chi connectivity index (χ0) is 9.50. The standard InChI is InChI=1S/CH2F2O6S2/c2-1(3,10(4,5)6)11(7,8)9/h(H,4,5,6)(H,7,8,9)/p-2. The Hall–Kier alpha value is -0.320.